The molecule has 1 amide bonds. The molecule has 0 aromatic heterocycles. The molecule has 0 bridgehead atoms. The lowest BCUT2D eigenvalue weighted by atomic mass is 10.1. The Bertz CT molecular complexity index is 916. The van der Waals surface area contributed by atoms with Gasteiger partial charge in [0.15, 0.2) is 0 Å². The van der Waals surface area contributed by atoms with E-state index >= 15 is 0 Å². The minimum Gasteiger partial charge on any atom is -0.872 e. The van der Waals surface area contributed by atoms with Crippen LogP contribution in [0.15, 0.2) is 60.7 Å². The van der Waals surface area contributed by atoms with Crippen LogP contribution in [0.4, 0.5) is 11.4 Å². The fraction of sp³-hybridized carbons (Fsp3) is 0. The van der Waals surface area contributed by atoms with Gasteiger partial charge in [0.1, 0.15) is 0 Å². The Balaban J connectivity index is 1.98. The van der Waals surface area contributed by atoms with E-state index in [1.54, 1.807) is 12.1 Å². The summed E-state index contributed by atoms with van der Waals surface area (Å²) in [6.45, 7) is 0. The number of nitro groups is 1. The number of non-ortho nitro benzene ring substituents is 1. The Labute approximate surface area is 131 Å². The number of nitro benzene ring substituents is 1. The third kappa shape index (κ3) is 2.82. The highest BCUT2D eigenvalue weighted by molar-refractivity contribution is 6.10. The lowest BCUT2D eigenvalue weighted by Crippen LogP contribution is -2.15. The zero-order valence-electron chi connectivity index (χ0n) is 11.9. The van der Waals surface area contributed by atoms with Crippen LogP contribution in [0.25, 0.3) is 10.8 Å². The Morgan fingerprint density at radius 2 is 1.74 bits per heavy atom. The van der Waals surface area contributed by atoms with E-state index in [1.165, 1.54) is 0 Å². The predicted molar refractivity (Wildman–Crippen MR) is 84.4 cm³/mol. The van der Waals surface area contributed by atoms with Gasteiger partial charge in [-0.25, -0.2) is 0 Å². The van der Waals surface area contributed by atoms with Crippen LogP contribution >= 0.6 is 0 Å². The van der Waals surface area contributed by atoms with E-state index in [9.17, 15) is 20.0 Å². The van der Waals surface area contributed by atoms with Gasteiger partial charge in [0, 0.05) is 28.8 Å². The van der Waals surface area contributed by atoms with Gasteiger partial charge in [0.25, 0.3) is 11.6 Å². The van der Waals surface area contributed by atoms with Gasteiger partial charge in [-0.2, -0.15) is 0 Å². The van der Waals surface area contributed by atoms with Gasteiger partial charge in [0.2, 0.25) is 0 Å². The molecule has 0 atom stereocenters. The molecule has 0 spiro atoms. The molecule has 0 fully saturated rings. The molecule has 0 unspecified atom stereocenters. The van der Waals surface area contributed by atoms with Crippen molar-refractivity contribution in [1.82, 2.24) is 0 Å². The molecule has 0 radical (unpaired) electrons. The first kappa shape index (κ1) is 14.5. The molecule has 1 N–H and O–H groups in total. The van der Waals surface area contributed by atoms with Crippen molar-refractivity contribution in [3.05, 3.63) is 76.3 Å². The lowest BCUT2D eigenvalue weighted by Gasteiger charge is -2.14. The molecular formula is C17H11N2O4-. The predicted octanol–water partition coefficient (Wildman–Crippen LogP) is 3.07. The summed E-state index contributed by atoms with van der Waals surface area (Å²) in [5.41, 5.74) is -0.0150. The van der Waals surface area contributed by atoms with Crippen molar-refractivity contribution in [2.45, 2.75) is 0 Å². The van der Waals surface area contributed by atoms with Crippen LogP contribution < -0.4 is 10.4 Å². The zero-order chi connectivity index (χ0) is 16.4. The Hall–Kier alpha value is -3.41. The fourth-order valence-corrected chi connectivity index (χ4v) is 2.33. The average molecular weight is 307 g/mol. The van der Waals surface area contributed by atoms with Crippen molar-refractivity contribution in [3.8, 4) is 5.75 Å². The van der Waals surface area contributed by atoms with Crippen LogP contribution in [-0.2, 0) is 0 Å². The van der Waals surface area contributed by atoms with Crippen molar-refractivity contribution in [2.75, 3.05) is 5.32 Å². The molecule has 6 heteroatoms. The molecule has 6 nitrogen and oxygen atoms in total. The third-order valence-electron chi connectivity index (χ3n) is 3.46. The molecule has 0 saturated heterocycles. The van der Waals surface area contributed by atoms with Gasteiger partial charge < -0.3 is 10.4 Å². The van der Waals surface area contributed by atoms with E-state index < -0.39 is 16.6 Å². The Morgan fingerprint density at radius 1 is 1.00 bits per heavy atom. The number of anilines is 1. The number of hydrogen-bond donors (Lipinski definition) is 1. The maximum Gasteiger partial charge on any atom is 0.270 e. The number of hydrogen-bond acceptors (Lipinski definition) is 4. The van der Waals surface area contributed by atoms with Crippen LogP contribution in [-0.4, -0.2) is 10.8 Å². The van der Waals surface area contributed by atoms with Crippen LogP contribution in [0.3, 0.4) is 0 Å². The van der Waals surface area contributed by atoms with Crippen LogP contribution in [0.5, 0.6) is 5.75 Å². The number of carbonyl (C=O) groups excluding carboxylic acids is 1. The number of benzene rings is 3. The lowest BCUT2D eigenvalue weighted by molar-refractivity contribution is -0.385. The minimum absolute atomic E-state index is 0.257. The summed E-state index contributed by atoms with van der Waals surface area (Å²) in [7, 11) is 0. The molecule has 3 rings (SSSR count). The molecule has 0 aliphatic heterocycles. The first-order valence-corrected chi connectivity index (χ1v) is 6.81. The van der Waals surface area contributed by atoms with Crippen molar-refractivity contribution in [1.29, 1.82) is 0 Å². The van der Waals surface area contributed by atoms with E-state index in [-0.39, 0.29) is 11.3 Å². The van der Waals surface area contributed by atoms with Crippen molar-refractivity contribution < 1.29 is 14.8 Å². The van der Waals surface area contributed by atoms with E-state index in [4.69, 9.17) is 0 Å². The second kappa shape index (κ2) is 5.76. The summed E-state index contributed by atoms with van der Waals surface area (Å²) in [6.07, 6.45) is 0. The number of amides is 1. The summed E-state index contributed by atoms with van der Waals surface area (Å²) in [5.74, 6) is -1.23. The number of fused-ring (bicyclic) bond motifs is 1. The van der Waals surface area contributed by atoms with Gasteiger partial charge >= 0.3 is 0 Å². The molecule has 3 aromatic carbocycles. The molecule has 0 saturated carbocycles. The number of nitrogens with one attached hydrogen (secondary N) is 1. The highest BCUT2D eigenvalue weighted by Gasteiger charge is 2.13. The molecule has 114 valence electrons. The Morgan fingerprint density at radius 3 is 2.52 bits per heavy atom. The fourth-order valence-electron chi connectivity index (χ4n) is 2.33. The molecule has 23 heavy (non-hydrogen) atoms. The summed E-state index contributed by atoms with van der Waals surface area (Å²) < 4.78 is 0. The smallest absolute Gasteiger partial charge is 0.270 e. The number of nitrogens with zero attached hydrogens (tertiary/aromatic N) is 1. The van der Waals surface area contributed by atoms with Crippen LogP contribution in [0.1, 0.15) is 10.4 Å². The standard InChI is InChI=1S/C17H12N2O4/c20-16-9-8-12(19(22)23)10-14(16)17(21)18-15-7-3-5-11-4-1-2-6-13(11)15/h1-10,20H,(H,18,21)/p-1. The molecule has 3 aromatic rings. The van der Waals surface area contributed by atoms with Crippen molar-refractivity contribution >= 4 is 28.1 Å². The number of rotatable bonds is 3. The monoisotopic (exact) mass is 307 g/mol. The SMILES string of the molecule is O=C(Nc1cccc2ccccc12)c1cc([N+](=O)[O-])ccc1[O-]. The largest absolute Gasteiger partial charge is 0.872 e. The summed E-state index contributed by atoms with van der Waals surface area (Å²) in [4.78, 5) is 22.5. The molecular weight excluding hydrogens is 296 g/mol. The van der Waals surface area contributed by atoms with Crippen LogP contribution in [0, 0.1) is 10.1 Å². The summed E-state index contributed by atoms with van der Waals surface area (Å²) >= 11 is 0. The van der Waals surface area contributed by atoms with Gasteiger partial charge in [-0.05, 0) is 11.5 Å². The zero-order valence-corrected chi connectivity index (χ0v) is 11.9. The van der Waals surface area contributed by atoms with Crippen LogP contribution in [0.2, 0.25) is 0 Å². The van der Waals surface area contributed by atoms with Gasteiger partial charge in [0.05, 0.1) is 4.92 Å². The normalized spacial score (nSPS) is 10.4. The highest BCUT2D eigenvalue weighted by Crippen LogP contribution is 2.26. The first-order valence-electron chi connectivity index (χ1n) is 6.81. The van der Waals surface area contributed by atoms with Gasteiger partial charge in [-0.1, -0.05) is 48.2 Å². The van der Waals surface area contributed by atoms with E-state index in [1.807, 2.05) is 30.3 Å². The second-order valence-electron chi connectivity index (χ2n) is 4.92. The summed E-state index contributed by atoms with van der Waals surface area (Å²) in [6, 6.07) is 15.9. The maximum absolute atomic E-state index is 12.3. The highest BCUT2D eigenvalue weighted by atomic mass is 16.6. The third-order valence-corrected chi connectivity index (χ3v) is 3.46. The molecule has 0 aliphatic rings. The van der Waals surface area contributed by atoms with E-state index in [0.29, 0.717) is 5.69 Å². The van der Waals surface area contributed by atoms with Crippen molar-refractivity contribution in [3.63, 3.8) is 0 Å². The van der Waals surface area contributed by atoms with E-state index in [2.05, 4.69) is 5.32 Å². The number of carbonyl (C=O) groups is 1. The first-order chi connectivity index (χ1) is 11.1. The average Bonchev–Trinajstić information content (AvgIpc) is 2.55. The van der Waals surface area contributed by atoms with E-state index in [0.717, 1.165) is 29.0 Å². The molecule has 0 aliphatic carbocycles. The van der Waals surface area contributed by atoms with Gasteiger partial charge in [-0.3, -0.25) is 14.9 Å². The second-order valence-corrected chi connectivity index (χ2v) is 4.92. The maximum atomic E-state index is 12.3. The quantitative estimate of drug-likeness (QED) is 0.594. The van der Waals surface area contributed by atoms with Crippen molar-refractivity contribution in [2.24, 2.45) is 0 Å². The minimum atomic E-state index is -0.671. The summed E-state index contributed by atoms with van der Waals surface area (Å²) in [5, 5.41) is 27.0. The molecule has 0 heterocycles. The topological polar surface area (TPSA) is 95.3 Å². The van der Waals surface area contributed by atoms with Gasteiger partial charge in [-0.15, -0.1) is 0 Å². The Kier molecular flexibility index (Phi) is 3.64.